The van der Waals surface area contributed by atoms with E-state index >= 15 is 0 Å². The molecule has 1 unspecified atom stereocenters. The minimum atomic E-state index is -2.85. The molecule has 3 aromatic heterocycles. The average Bonchev–Trinajstić information content (AvgIpc) is 3.69. The van der Waals surface area contributed by atoms with Crippen molar-refractivity contribution in [2.45, 2.75) is 64.0 Å². The minimum absolute atomic E-state index is 0.0307. The Morgan fingerprint density at radius 3 is 2.64 bits per heavy atom. The molecule has 2 fully saturated rings. The number of carboxylic acid groups (broad SMARTS) is 1. The van der Waals surface area contributed by atoms with Gasteiger partial charge >= 0.3 is 11.7 Å². The van der Waals surface area contributed by atoms with Crippen LogP contribution in [0.15, 0.2) is 51.7 Å². The number of aromatic amines is 1. The van der Waals surface area contributed by atoms with Gasteiger partial charge in [-0.15, -0.1) is 0 Å². The van der Waals surface area contributed by atoms with Crippen molar-refractivity contribution in [3.05, 3.63) is 63.8 Å². The summed E-state index contributed by atoms with van der Waals surface area (Å²) in [5.41, 5.74) is 2.70. The molecule has 1 saturated carbocycles. The van der Waals surface area contributed by atoms with Crippen LogP contribution in [0.25, 0.3) is 33.1 Å². The molecule has 220 valence electrons. The normalized spacial score (nSPS) is 20.9. The Kier molecular flexibility index (Phi) is 7.61. The first-order valence-corrected chi connectivity index (χ1v) is 14.5. The molecule has 7 rings (SSSR count). The Morgan fingerprint density at radius 2 is 1.88 bits per heavy atom. The van der Waals surface area contributed by atoms with Crippen LogP contribution in [0.4, 0.5) is 14.6 Å². The summed E-state index contributed by atoms with van der Waals surface area (Å²) < 4.78 is 34.1. The zero-order valence-corrected chi connectivity index (χ0v) is 23.7. The SMILES string of the molecule is C[C@H]1CCCCC1n1c(=O)[nH]c2cccc(Cl)c21.O=C(O)[C@@H]1CCCN1c1nc(C(F)F)nc2c1oc1ccccc12. The molecule has 12 heteroatoms. The Bertz CT molecular complexity index is 1830. The van der Waals surface area contributed by atoms with E-state index in [4.69, 9.17) is 16.0 Å². The van der Waals surface area contributed by atoms with E-state index in [1.165, 1.54) is 24.2 Å². The summed E-state index contributed by atoms with van der Waals surface area (Å²) in [7, 11) is 0. The van der Waals surface area contributed by atoms with Crippen molar-refractivity contribution in [2.24, 2.45) is 5.92 Å². The van der Waals surface area contributed by atoms with Crippen LogP contribution in [0, 0.1) is 5.92 Å². The van der Waals surface area contributed by atoms with E-state index < -0.39 is 24.3 Å². The van der Waals surface area contributed by atoms with Crippen LogP contribution in [-0.2, 0) is 4.79 Å². The number of halogens is 3. The zero-order chi connectivity index (χ0) is 29.5. The first-order chi connectivity index (χ1) is 20.2. The molecule has 2 aliphatic rings. The van der Waals surface area contributed by atoms with Crippen LogP contribution in [0.1, 0.15) is 63.7 Å². The molecule has 42 heavy (non-hydrogen) atoms. The molecule has 0 amide bonds. The topological polar surface area (TPSA) is 117 Å². The molecule has 1 aliphatic heterocycles. The van der Waals surface area contributed by atoms with Gasteiger partial charge in [0, 0.05) is 18.0 Å². The summed E-state index contributed by atoms with van der Waals surface area (Å²) in [5.74, 6) is -0.975. The molecule has 4 heterocycles. The lowest BCUT2D eigenvalue weighted by atomic mass is 9.85. The summed E-state index contributed by atoms with van der Waals surface area (Å²) in [6.45, 7) is 2.65. The van der Waals surface area contributed by atoms with Gasteiger partial charge in [0.25, 0.3) is 6.43 Å². The van der Waals surface area contributed by atoms with Gasteiger partial charge in [0.2, 0.25) is 0 Å². The molecule has 9 nitrogen and oxygen atoms in total. The van der Waals surface area contributed by atoms with Gasteiger partial charge in [-0.3, -0.25) is 4.57 Å². The molecule has 3 atom stereocenters. The maximum atomic E-state index is 13.2. The van der Waals surface area contributed by atoms with Crippen LogP contribution in [0.2, 0.25) is 5.02 Å². The molecular formula is C30H30ClF2N5O4. The lowest BCUT2D eigenvalue weighted by Crippen LogP contribution is -2.36. The van der Waals surface area contributed by atoms with E-state index in [1.807, 2.05) is 22.8 Å². The van der Waals surface area contributed by atoms with Crippen molar-refractivity contribution >= 4 is 56.5 Å². The molecule has 1 saturated heterocycles. The quantitative estimate of drug-likeness (QED) is 0.227. The summed E-state index contributed by atoms with van der Waals surface area (Å²) in [6, 6.07) is 12.1. The molecular weight excluding hydrogens is 568 g/mol. The predicted molar refractivity (Wildman–Crippen MR) is 157 cm³/mol. The summed E-state index contributed by atoms with van der Waals surface area (Å²) >= 11 is 6.26. The number of fused-ring (bicyclic) bond motifs is 4. The van der Waals surface area contributed by atoms with Crippen molar-refractivity contribution < 1.29 is 23.1 Å². The van der Waals surface area contributed by atoms with Gasteiger partial charge < -0.3 is 19.4 Å². The number of hydrogen-bond acceptors (Lipinski definition) is 6. The highest BCUT2D eigenvalue weighted by Gasteiger charge is 2.35. The van der Waals surface area contributed by atoms with Crippen molar-refractivity contribution in [3.8, 4) is 0 Å². The van der Waals surface area contributed by atoms with E-state index in [1.54, 1.807) is 24.3 Å². The third-order valence-corrected chi connectivity index (χ3v) is 8.62. The predicted octanol–water partition coefficient (Wildman–Crippen LogP) is 7.10. The van der Waals surface area contributed by atoms with Crippen LogP contribution in [0.3, 0.4) is 0 Å². The van der Waals surface area contributed by atoms with Gasteiger partial charge in [-0.2, -0.15) is 0 Å². The monoisotopic (exact) mass is 597 g/mol. The van der Waals surface area contributed by atoms with E-state index in [0.717, 1.165) is 17.5 Å². The van der Waals surface area contributed by atoms with Gasteiger partial charge in [0.1, 0.15) is 17.1 Å². The highest BCUT2D eigenvalue weighted by Crippen LogP contribution is 2.38. The van der Waals surface area contributed by atoms with Gasteiger partial charge in [-0.05, 0) is 55.9 Å². The largest absolute Gasteiger partial charge is 0.480 e. The fourth-order valence-corrected chi connectivity index (χ4v) is 6.56. The summed E-state index contributed by atoms with van der Waals surface area (Å²) in [6.07, 6.45) is 2.94. The number of nitrogens with one attached hydrogen (secondary N) is 1. The summed E-state index contributed by atoms with van der Waals surface area (Å²) in [4.78, 5) is 35.9. The highest BCUT2D eigenvalue weighted by atomic mass is 35.5. The number of carboxylic acids is 1. The smallest absolute Gasteiger partial charge is 0.326 e. The number of alkyl halides is 2. The summed E-state index contributed by atoms with van der Waals surface area (Å²) in [5, 5.41) is 10.6. The molecule has 2 aromatic carbocycles. The number of hydrogen-bond donors (Lipinski definition) is 2. The first kappa shape index (κ1) is 28.1. The second-order valence-corrected chi connectivity index (χ2v) is 11.3. The second-order valence-electron chi connectivity index (χ2n) is 10.9. The number of rotatable bonds is 4. The standard InChI is InChI=1S/C16H13F2N3O3.C14H17ClN2O/c17-13(18)14-19-11-8-4-1-2-6-10(8)24-12(11)15(20-14)21-7-3-5-9(21)16(22)23;1-9-5-2-3-8-12(9)17-13-10(15)6-4-7-11(13)16-14(17)18/h1-2,4,6,9,13H,3,5,7H2,(H,22,23);4,6-7,9,12H,2-3,5,8H2,1H3,(H,16,18)/t9-;9-,12?/m00/s1. The van der Waals surface area contributed by atoms with Gasteiger partial charge in [0.05, 0.1) is 16.1 Å². The van der Waals surface area contributed by atoms with Crippen LogP contribution >= 0.6 is 11.6 Å². The van der Waals surface area contributed by atoms with Crippen molar-refractivity contribution in [1.82, 2.24) is 19.5 Å². The number of nitrogens with zero attached hydrogens (tertiary/aromatic N) is 4. The molecule has 0 bridgehead atoms. The second kappa shape index (κ2) is 11.4. The maximum absolute atomic E-state index is 13.2. The van der Waals surface area contributed by atoms with Gasteiger partial charge in [-0.1, -0.05) is 49.6 Å². The van der Waals surface area contributed by atoms with Crippen molar-refractivity contribution in [3.63, 3.8) is 0 Å². The van der Waals surface area contributed by atoms with Crippen LogP contribution in [-0.4, -0.2) is 43.2 Å². The number of furan rings is 1. The number of para-hydroxylation sites is 2. The number of benzene rings is 2. The maximum Gasteiger partial charge on any atom is 0.326 e. The van der Waals surface area contributed by atoms with Gasteiger partial charge in [0.15, 0.2) is 17.2 Å². The lowest BCUT2D eigenvalue weighted by molar-refractivity contribution is -0.138. The Hall–Kier alpha value is -3.99. The fourth-order valence-electron chi connectivity index (χ4n) is 6.30. The zero-order valence-electron chi connectivity index (χ0n) is 22.9. The van der Waals surface area contributed by atoms with E-state index in [9.17, 15) is 23.5 Å². The third kappa shape index (κ3) is 4.99. The number of anilines is 1. The van der Waals surface area contributed by atoms with Crippen LogP contribution < -0.4 is 10.6 Å². The third-order valence-electron chi connectivity index (χ3n) is 8.31. The highest BCUT2D eigenvalue weighted by molar-refractivity contribution is 6.35. The molecule has 0 spiro atoms. The Balaban J connectivity index is 0.000000157. The number of aromatic nitrogens is 4. The average molecular weight is 598 g/mol. The molecule has 1 aliphatic carbocycles. The van der Waals surface area contributed by atoms with Gasteiger partial charge in [-0.25, -0.2) is 28.3 Å². The number of carbonyl (C=O) groups is 1. The number of aliphatic carboxylic acids is 1. The lowest BCUT2D eigenvalue weighted by Gasteiger charge is -2.29. The van der Waals surface area contributed by atoms with Crippen molar-refractivity contribution in [1.29, 1.82) is 0 Å². The van der Waals surface area contributed by atoms with E-state index in [-0.39, 0.29) is 28.6 Å². The Morgan fingerprint density at radius 1 is 1.10 bits per heavy atom. The Labute approximate surface area is 244 Å². The number of H-pyrrole nitrogens is 1. The molecule has 5 aromatic rings. The first-order valence-electron chi connectivity index (χ1n) is 14.1. The minimum Gasteiger partial charge on any atom is -0.480 e. The van der Waals surface area contributed by atoms with Crippen LogP contribution in [0.5, 0.6) is 0 Å². The number of imidazole rings is 1. The fraction of sp³-hybridized carbons (Fsp3) is 0.400. The van der Waals surface area contributed by atoms with E-state index in [2.05, 4.69) is 21.9 Å². The van der Waals surface area contributed by atoms with E-state index in [0.29, 0.717) is 41.3 Å². The van der Waals surface area contributed by atoms with Crippen molar-refractivity contribution in [2.75, 3.05) is 11.4 Å². The molecule has 0 radical (unpaired) electrons. The molecule has 2 N–H and O–H groups in total.